The van der Waals surface area contributed by atoms with Gasteiger partial charge in [0.2, 0.25) is 5.78 Å². The SMILES string of the molecule is CCc1cc(C(=O)c2cc3cccc(Cl)c3o2)n(CC)n1. The fraction of sp³-hybridized carbons (Fsp3) is 0.250. The number of benzene rings is 1. The molecule has 3 aromatic rings. The minimum Gasteiger partial charge on any atom is -0.451 e. The number of nitrogens with zero attached hydrogens (tertiary/aromatic N) is 2. The normalized spacial score (nSPS) is 11.2. The Balaban J connectivity index is 2.08. The summed E-state index contributed by atoms with van der Waals surface area (Å²) in [6.07, 6.45) is 0.791. The van der Waals surface area contributed by atoms with Crippen LogP contribution in [0.2, 0.25) is 5.02 Å². The van der Waals surface area contributed by atoms with Crippen LogP contribution in [-0.4, -0.2) is 15.6 Å². The lowest BCUT2D eigenvalue weighted by Gasteiger charge is -2.00. The van der Waals surface area contributed by atoms with Crippen molar-refractivity contribution in [3.63, 3.8) is 0 Å². The number of para-hydroxylation sites is 1. The molecule has 0 saturated carbocycles. The van der Waals surface area contributed by atoms with Gasteiger partial charge in [0.25, 0.3) is 0 Å². The van der Waals surface area contributed by atoms with Gasteiger partial charge in [-0.15, -0.1) is 0 Å². The average Bonchev–Trinajstić information content (AvgIpc) is 3.11. The van der Waals surface area contributed by atoms with E-state index in [0.29, 0.717) is 22.8 Å². The smallest absolute Gasteiger partial charge is 0.246 e. The molecule has 0 atom stereocenters. The highest BCUT2D eigenvalue weighted by molar-refractivity contribution is 6.35. The van der Waals surface area contributed by atoms with Crippen molar-refractivity contribution >= 4 is 28.4 Å². The third-order valence-corrected chi connectivity index (χ3v) is 3.74. The fourth-order valence-electron chi connectivity index (χ4n) is 2.33. The third kappa shape index (κ3) is 2.36. The van der Waals surface area contributed by atoms with E-state index in [1.807, 2.05) is 32.0 Å². The van der Waals surface area contributed by atoms with E-state index in [4.69, 9.17) is 16.0 Å². The summed E-state index contributed by atoms with van der Waals surface area (Å²) in [5.41, 5.74) is 1.99. The Morgan fingerprint density at radius 3 is 2.81 bits per heavy atom. The van der Waals surface area contributed by atoms with E-state index >= 15 is 0 Å². The van der Waals surface area contributed by atoms with E-state index in [0.717, 1.165) is 17.5 Å². The maximum Gasteiger partial charge on any atom is 0.246 e. The molecule has 2 heterocycles. The molecule has 0 saturated heterocycles. The number of aromatic nitrogens is 2. The number of rotatable bonds is 4. The quantitative estimate of drug-likeness (QED) is 0.682. The van der Waals surface area contributed by atoms with E-state index in [2.05, 4.69) is 5.10 Å². The molecular formula is C16H15ClN2O2. The number of fused-ring (bicyclic) bond motifs is 1. The monoisotopic (exact) mass is 302 g/mol. The van der Waals surface area contributed by atoms with Crippen LogP contribution in [0.5, 0.6) is 0 Å². The molecule has 0 fully saturated rings. The Morgan fingerprint density at radius 2 is 2.14 bits per heavy atom. The third-order valence-electron chi connectivity index (χ3n) is 3.44. The molecular weight excluding hydrogens is 288 g/mol. The maximum absolute atomic E-state index is 12.6. The number of hydrogen-bond donors (Lipinski definition) is 0. The van der Waals surface area contributed by atoms with E-state index in [-0.39, 0.29) is 11.5 Å². The summed E-state index contributed by atoms with van der Waals surface area (Å²) in [4.78, 5) is 12.6. The van der Waals surface area contributed by atoms with Gasteiger partial charge in [0.1, 0.15) is 5.69 Å². The highest BCUT2D eigenvalue weighted by Crippen LogP contribution is 2.27. The van der Waals surface area contributed by atoms with E-state index in [1.54, 1.807) is 16.8 Å². The Labute approximate surface area is 127 Å². The lowest BCUT2D eigenvalue weighted by Crippen LogP contribution is -2.09. The maximum atomic E-state index is 12.6. The van der Waals surface area contributed by atoms with Gasteiger partial charge in [-0.05, 0) is 31.5 Å². The van der Waals surface area contributed by atoms with E-state index in [1.165, 1.54) is 0 Å². The summed E-state index contributed by atoms with van der Waals surface area (Å²) in [6.45, 7) is 4.61. The highest BCUT2D eigenvalue weighted by Gasteiger charge is 2.20. The van der Waals surface area contributed by atoms with Gasteiger partial charge in [-0.1, -0.05) is 30.7 Å². The molecule has 0 bridgehead atoms. The van der Waals surface area contributed by atoms with Gasteiger partial charge in [-0.2, -0.15) is 5.10 Å². The standard InChI is InChI=1S/C16H15ClN2O2/c1-3-11-9-13(19(4-2)18-11)15(20)14-8-10-6-5-7-12(17)16(10)21-14/h5-9H,3-4H2,1-2H3. The minimum atomic E-state index is -0.170. The second-order valence-electron chi connectivity index (χ2n) is 4.79. The topological polar surface area (TPSA) is 48.0 Å². The van der Waals surface area contributed by atoms with Crippen LogP contribution in [0.1, 0.15) is 35.8 Å². The van der Waals surface area contributed by atoms with Crippen molar-refractivity contribution in [1.29, 1.82) is 0 Å². The molecule has 3 rings (SSSR count). The number of hydrogen-bond acceptors (Lipinski definition) is 3. The van der Waals surface area contributed by atoms with Gasteiger partial charge in [-0.25, -0.2) is 0 Å². The Kier molecular flexibility index (Phi) is 3.55. The molecule has 0 unspecified atom stereocenters. The Hall–Kier alpha value is -2.07. The summed E-state index contributed by atoms with van der Waals surface area (Å²) in [5, 5.41) is 5.72. The van der Waals surface area contributed by atoms with Crippen molar-refractivity contribution in [3.05, 3.63) is 52.5 Å². The van der Waals surface area contributed by atoms with Crippen LogP contribution >= 0.6 is 11.6 Å². The molecule has 0 aliphatic rings. The lowest BCUT2D eigenvalue weighted by molar-refractivity contribution is 0.100. The van der Waals surface area contributed by atoms with Crippen LogP contribution in [0.15, 0.2) is 34.7 Å². The van der Waals surface area contributed by atoms with Crippen molar-refractivity contribution < 1.29 is 9.21 Å². The van der Waals surface area contributed by atoms with Gasteiger partial charge in [0, 0.05) is 11.9 Å². The zero-order valence-corrected chi connectivity index (χ0v) is 12.6. The predicted molar refractivity (Wildman–Crippen MR) is 81.9 cm³/mol. The Morgan fingerprint density at radius 1 is 1.33 bits per heavy atom. The van der Waals surface area contributed by atoms with Crippen LogP contribution in [0.3, 0.4) is 0 Å². The van der Waals surface area contributed by atoms with Crippen molar-refractivity contribution in [2.75, 3.05) is 0 Å². The van der Waals surface area contributed by atoms with Gasteiger partial charge in [-0.3, -0.25) is 9.48 Å². The summed E-state index contributed by atoms with van der Waals surface area (Å²) in [5.74, 6) is 0.117. The second kappa shape index (κ2) is 5.37. The van der Waals surface area contributed by atoms with Gasteiger partial charge in [0.15, 0.2) is 11.3 Å². The van der Waals surface area contributed by atoms with Gasteiger partial charge < -0.3 is 4.42 Å². The molecule has 4 nitrogen and oxygen atoms in total. The van der Waals surface area contributed by atoms with Gasteiger partial charge >= 0.3 is 0 Å². The van der Waals surface area contributed by atoms with Crippen LogP contribution in [-0.2, 0) is 13.0 Å². The lowest BCUT2D eigenvalue weighted by atomic mass is 10.2. The second-order valence-corrected chi connectivity index (χ2v) is 5.20. The number of furan rings is 1. The molecule has 108 valence electrons. The predicted octanol–water partition coefficient (Wildman–Crippen LogP) is 4.10. The number of halogens is 1. The molecule has 0 aliphatic heterocycles. The average molecular weight is 303 g/mol. The van der Waals surface area contributed by atoms with Crippen molar-refractivity contribution in [2.45, 2.75) is 26.8 Å². The molecule has 0 radical (unpaired) electrons. The first kappa shape index (κ1) is 13.9. The minimum absolute atomic E-state index is 0.170. The highest BCUT2D eigenvalue weighted by atomic mass is 35.5. The molecule has 2 aromatic heterocycles. The van der Waals surface area contributed by atoms with Crippen LogP contribution in [0.25, 0.3) is 11.0 Å². The molecule has 0 amide bonds. The summed E-state index contributed by atoms with van der Waals surface area (Å²) < 4.78 is 7.34. The van der Waals surface area contributed by atoms with Crippen LogP contribution < -0.4 is 0 Å². The van der Waals surface area contributed by atoms with Crippen molar-refractivity contribution in [3.8, 4) is 0 Å². The molecule has 0 spiro atoms. The fourth-order valence-corrected chi connectivity index (χ4v) is 2.55. The molecule has 1 aromatic carbocycles. The van der Waals surface area contributed by atoms with Crippen LogP contribution in [0, 0.1) is 0 Å². The first-order valence-electron chi connectivity index (χ1n) is 6.93. The zero-order chi connectivity index (χ0) is 15.0. The van der Waals surface area contributed by atoms with Crippen molar-refractivity contribution in [1.82, 2.24) is 9.78 Å². The summed E-state index contributed by atoms with van der Waals surface area (Å²) >= 11 is 6.08. The number of aryl methyl sites for hydroxylation is 2. The number of carbonyl (C=O) groups excluding carboxylic acids is 1. The van der Waals surface area contributed by atoms with Crippen molar-refractivity contribution in [2.24, 2.45) is 0 Å². The molecule has 21 heavy (non-hydrogen) atoms. The molecule has 5 heteroatoms. The molecule has 0 aliphatic carbocycles. The number of ketones is 1. The van der Waals surface area contributed by atoms with E-state index < -0.39 is 0 Å². The number of carbonyl (C=O) groups is 1. The largest absolute Gasteiger partial charge is 0.451 e. The first-order chi connectivity index (χ1) is 10.1. The van der Waals surface area contributed by atoms with E-state index in [9.17, 15) is 4.79 Å². The zero-order valence-electron chi connectivity index (χ0n) is 11.9. The summed E-state index contributed by atoms with van der Waals surface area (Å²) in [7, 11) is 0. The Bertz CT molecular complexity index is 817. The van der Waals surface area contributed by atoms with Gasteiger partial charge in [0.05, 0.1) is 10.7 Å². The summed E-state index contributed by atoms with van der Waals surface area (Å²) in [6, 6.07) is 8.99. The van der Waals surface area contributed by atoms with Crippen LogP contribution in [0.4, 0.5) is 0 Å². The molecule has 0 N–H and O–H groups in total. The first-order valence-corrected chi connectivity index (χ1v) is 7.31.